The predicted molar refractivity (Wildman–Crippen MR) is 117 cm³/mol. The topological polar surface area (TPSA) is 63.1 Å². The molecule has 1 N–H and O–H groups in total. The molecular formula is C22H24F3N5OS. The Morgan fingerprint density at radius 2 is 1.91 bits per heavy atom. The Kier molecular flexibility index (Phi) is 6.34. The molecule has 1 amide bonds. The van der Waals surface area contributed by atoms with Gasteiger partial charge in [0.1, 0.15) is 10.7 Å². The van der Waals surface area contributed by atoms with Crippen LogP contribution < -0.4 is 5.32 Å². The number of nitrogens with one attached hydrogen (secondary N) is 1. The number of amides is 1. The van der Waals surface area contributed by atoms with Gasteiger partial charge in [-0.3, -0.25) is 4.79 Å². The van der Waals surface area contributed by atoms with Gasteiger partial charge in [0.2, 0.25) is 0 Å². The van der Waals surface area contributed by atoms with Crippen molar-refractivity contribution < 1.29 is 18.0 Å². The predicted octanol–water partition coefficient (Wildman–Crippen LogP) is 4.62. The Labute approximate surface area is 188 Å². The van der Waals surface area contributed by atoms with Gasteiger partial charge in [0.15, 0.2) is 0 Å². The highest BCUT2D eigenvalue weighted by Gasteiger charge is 2.31. The highest BCUT2D eigenvalue weighted by molar-refractivity contribution is 7.13. The number of benzene rings is 1. The molecular weight excluding hydrogens is 439 g/mol. The first-order valence-electron chi connectivity index (χ1n) is 10.5. The first-order chi connectivity index (χ1) is 15.2. The summed E-state index contributed by atoms with van der Waals surface area (Å²) in [4.78, 5) is 19.7. The zero-order chi connectivity index (χ0) is 22.9. The average molecular weight is 464 g/mol. The van der Waals surface area contributed by atoms with E-state index in [1.54, 1.807) is 17.8 Å². The third-order valence-corrected chi connectivity index (χ3v) is 6.40. The van der Waals surface area contributed by atoms with Crippen LogP contribution in [0.15, 0.2) is 42.0 Å². The summed E-state index contributed by atoms with van der Waals surface area (Å²) in [5.74, 6) is -0.0791. The molecule has 3 heterocycles. The van der Waals surface area contributed by atoms with E-state index < -0.39 is 11.7 Å². The number of hydrogen-bond acceptors (Lipinski definition) is 5. The monoisotopic (exact) mass is 463 g/mol. The van der Waals surface area contributed by atoms with Crippen molar-refractivity contribution >= 4 is 17.2 Å². The molecule has 1 aromatic carbocycles. The van der Waals surface area contributed by atoms with Crippen LogP contribution in [0.2, 0.25) is 0 Å². The third kappa shape index (κ3) is 4.71. The number of piperidine rings is 1. The maximum atomic E-state index is 13.2. The van der Waals surface area contributed by atoms with Gasteiger partial charge in [-0.2, -0.15) is 18.3 Å². The van der Waals surface area contributed by atoms with Crippen LogP contribution in [0, 0.1) is 0 Å². The molecule has 0 radical (unpaired) electrons. The number of carbonyl (C=O) groups is 1. The summed E-state index contributed by atoms with van der Waals surface area (Å²) >= 11 is 1.35. The molecule has 3 aromatic rings. The molecule has 1 aliphatic heterocycles. The lowest BCUT2D eigenvalue weighted by atomic mass is 10.0. The van der Waals surface area contributed by atoms with Crippen LogP contribution in [0.5, 0.6) is 0 Å². The minimum absolute atomic E-state index is 0.0678. The standard InChI is InChI=1S/C22H24F3N5OS/c1-14(2)30(18-7-9-26-10-8-18)21(31)19-13-32-20(28-19)15-11-27-29(12-15)17-5-3-16(4-6-17)22(23,24)25/h3-6,11-14,18,26H,7-10H2,1-2H3. The molecule has 2 aromatic heterocycles. The molecule has 0 unspecified atom stereocenters. The largest absolute Gasteiger partial charge is 0.416 e. The molecule has 0 atom stereocenters. The Balaban J connectivity index is 1.52. The summed E-state index contributed by atoms with van der Waals surface area (Å²) < 4.78 is 39.8. The summed E-state index contributed by atoms with van der Waals surface area (Å²) in [6, 6.07) is 5.05. The molecule has 0 bridgehead atoms. The summed E-state index contributed by atoms with van der Waals surface area (Å²) in [6.45, 7) is 5.82. The van der Waals surface area contributed by atoms with Crippen LogP contribution in [0.4, 0.5) is 13.2 Å². The van der Waals surface area contributed by atoms with E-state index in [0.717, 1.165) is 38.1 Å². The molecule has 1 saturated heterocycles. The van der Waals surface area contributed by atoms with E-state index >= 15 is 0 Å². The second-order valence-corrected chi connectivity index (χ2v) is 8.90. The maximum absolute atomic E-state index is 13.2. The fraction of sp³-hybridized carbons (Fsp3) is 0.409. The van der Waals surface area contributed by atoms with E-state index in [9.17, 15) is 18.0 Å². The van der Waals surface area contributed by atoms with Crippen LogP contribution in [-0.2, 0) is 6.18 Å². The average Bonchev–Trinajstić information content (AvgIpc) is 3.44. The number of carbonyl (C=O) groups excluding carboxylic acids is 1. The van der Waals surface area contributed by atoms with Crippen LogP contribution in [0.1, 0.15) is 42.7 Å². The number of aromatic nitrogens is 3. The van der Waals surface area contributed by atoms with Crippen LogP contribution in [0.25, 0.3) is 16.3 Å². The van der Waals surface area contributed by atoms with Gasteiger partial charge in [0, 0.05) is 29.2 Å². The van der Waals surface area contributed by atoms with Crippen molar-refractivity contribution in [2.45, 2.75) is 44.9 Å². The molecule has 10 heteroatoms. The summed E-state index contributed by atoms with van der Waals surface area (Å²) in [7, 11) is 0. The zero-order valence-corrected chi connectivity index (χ0v) is 18.6. The molecule has 170 valence electrons. The van der Waals surface area contributed by atoms with E-state index in [4.69, 9.17) is 0 Å². The summed E-state index contributed by atoms with van der Waals surface area (Å²) in [5.41, 5.74) is 0.903. The molecule has 1 aliphatic rings. The first kappa shape index (κ1) is 22.5. The van der Waals surface area contributed by atoms with Crippen molar-refractivity contribution in [2.75, 3.05) is 13.1 Å². The van der Waals surface area contributed by atoms with Crippen LogP contribution in [-0.4, -0.2) is 50.7 Å². The molecule has 0 spiro atoms. The van der Waals surface area contributed by atoms with Crippen molar-refractivity contribution in [2.24, 2.45) is 0 Å². The van der Waals surface area contributed by atoms with Gasteiger partial charge in [0.25, 0.3) is 5.91 Å². The lowest BCUT2D eigenvalue weighted by molar-refractivity contribution is -0.137. The number of halogens is 3. The lowest BCUT2D eigenvalue weighted by Gasteiger charge is -2.37. The van der Waals surface area contributed by atoms with E-state index in [-0.39, 0.29) is 18.0 Å². The van der Waals surface area contributed by atoms with E-state index in [2.05, 4.69) is 15.4 Å². The fourth-order valence-electron chi connectivity index (χ4n) is 3.92. The summed E-state index contributed by atoms with van der Waals surface area (Å²) in [6.07, 6.45) is 0.748. The van der Waals surface area contributed by atoms with Crippen molar-refractivity contribution in [1.82, 2.24) is 25.0 Å². The van der Waals surface area contributed by atoms with Gasteiger partial charge in [-0.1, -0.05) is 0 Å². The SMILES string of the molecule is CC(C)N(C(=O)c1csc(-c2cnn(-c3ccc(C(F)(F)F)cc3)c2)n1)C1CCNCC1. The number of thiazole rings is 1. The van der Waals surface area contributed by atoms with Crippen molar-refractivity contribution in [3.63, 3.8) is 0 Å². The number of hydrogen-bond donors (Lipinski definition) is 1. The first-order valence-corrected chi connectivity index (χ1v) is 11.3. The highest BCUT2D eigenvalue weighted by Crippen LogP contribution is 2.30. The van der Waals surface area contributed by atoms with Gasteiger partial charge >= 0.3 is 6.18 Å². The Bertz CT molecular complexity index is 1070. The van der Waals surface area contributed by atoms with Gasteiger partial charge < -0.3 is 10.2 Å². The minimum Gasteiger partial charge on any atom is -0.332 e. The Morgan fingerprint density at radius 3 is 2.53 bits per heavy atom. The second kappa shape index (κ2) is 9.03. The molecule has 0 saturated carbocycles. The molecule has 1 fully saturated rings. The molecule has 4 rings (SSSR count). The number of rotatable bonds is 5. The number of alkyl halides is 3. The Morgan fingerprint density at radius 1 is 1.22 bits per heavy atom. The third-order valence-electron chi connectivity index (χ3n) is 5.50. The van der Waals surface area contributed by atoms with Crippen molar-refractivity contribution in [1.29, 1.82) is 0 Å². The van der Waals surface area contributed by atoms with E-state index in [0.29, 0.717) is 22.0 Å². The van der Waals surface area contributed by atoms with Gasteiger partial charge in [-0.25, -0.2) is 9.67 Å². The van der Waals surface area contributed by atoms with Crippen LogP contribution in [0.3, 0.4) is 0 Å². The van der Waals surface area contributed by atoms with Crippen LogP contribution >= 0.6 is 11.3 Å². The quantitative estimate of drug-likeness (QED) is 0.600. The molecule has 6 nitrogen and oxygen atoms in total. The lowest BCUT2D eigenvalue weighted by Crippen LogP contribution is -2.49. The smallest absolute Gasteiger partial charge is 0.332 e. The second-order valence-electron chi connectivity index (χ2n) is 8.04. The zero-order valence-electron chi connectivity index (χ0n) is 17.8. The fourth-order valence-corrected chi connectivity index (χ4v) is 4.69. The van der Waals surface area contributed by atoms with Crippen molar-refractivity contribution in [3.8, 4) is 16.3 Å². The van der Waals surface area contributed by atoms with Gasteiger partial charge in [0.05, 0.1) is 17.4 Å². The van der Waals surface area contributed by atoms with Gasteiger partial charge in [-0.15, -0.1) is 11.3 Å². The number of nitrogens with zero attached hydrogens (tertiary/aromatic N) is 4. The van der Waals surface area contributed by atoms with E-state index in [1.165, 1.54) is 28.2 Å². The normalized spacial score (nSPS) is 15.3. The summed E-state index contributed by atoms with van der Waals surface area (Å²) in [5, 5.41) is 9.96. The maximum Gasteiger partial charge on any atom is 0.416 e. The highest BCUT2D eigenvalue weighted by atomic mass is 32.1. The van der Waals surface area contributed by atoms with Gasteiger partial charge in [-0.05, 0) is 64.0 Å². The molecule has 0 aliphatic carbocycles. The molecule has 32 heavy (non-hydrogen) atoms. The van der Waals surface area contributed by atoms with E-state index in [1.807, 2.05) is 18.7 Å². The minimum atomic E-state index is -4.38. The van der Waals surface area contributed by atoms with Crippen molar-refractivity contribution in [3.05, 3.63) is 53.3 Å². The Hall–Kier alpha value is -2.72.